The molecule has 8 N–H and O–H groups in total. The first kappa shape index (κ1) is 30.4. The van der Waals surface area contributed by atoms with Crippen molar-refractivity contribution in [2.24, 2.45) is 17.6 Å². The Bertz CT molecular complexity index is 1660. The van der Waals surface area contributed by atoms with Crippen LogP contribution in [0.25, 0.3) is 5.76 Å². The van der Waals surface area contributed by atoms with E-state index in [4.69, 9.17) is 5.73 Å². The lowest BCUT2D eigenvalue weighted by Gasteiger charge is -2.46. The number of phenols is 1. The van der Waals surface area contributed by atoms with E-state index in [0.29, 0.717) is 16.9 Å². The Morgan fingerprint density at radius 3 is 2.27 bits per heavy atom. The molecule has 232 valence electrons. The van der Waals surface area contributed by atoms with Gasteiger partial charge in [0.2, 0.25) is 5.78 Å². The quantitative estimate of drug-likeness (QED) is 0.238. The first-order valence-corrected chi connectivity index (χ1v) is 14.0. The molecule has 1 saturated carbocycles. The summed E-state index contributed by atoms with van der Waals surface area (Å²) in [5, 5.41) is 50.5. The number of fused-ring (bicyclic) bond motifs is 3. The van der Waals surface area contributed by atoms with Gasteiger partial charge in [-0.3, -0.25) is 14.4 Å². The molecule has 2 aromatic carbocycles. The van der Waals surface area contributed by atoms with E-state index < -0.39 is 58.0 Å². The number of aliphatic hydroxyl groups is 3. The molecule has 0 saturated heterocycles. The normalized spacial score (nSPS) is 22.6. The Hall–Kier alpha value is -5.04. The highest BCUT2D eigenvalue weighted by molar-refractivity contribution is 6.22. The van der Waals surface area contributed by atoms with Gasteiger partial charge in [0, 0.05) is 75.3 Å². The van der Waals surface area contributed by atoms with Gasteiger partial charge in [-0.1, -0.05) is 0 Å². The van der Waals surface area contributed by atoms with Crippen molar-refractivity contribution >= 4 is 46.3 Å². The average Bonchev–Trinajstić information content (AvgIpc) is 2.94. The van der Waals surface area contributed by atoms with E-state index in [9.17, 15) is 39.6 Å². The average molecular weight is 606 g/mol. The van der Waals surface area contributed by atoms with Gasteiger partial charge in [-0.2, -0.15) is 0 Å². The number of Topliss-reactive ketones (excluding diaryl/α,β-unsaturated/α-hetero) is 2. The van der Waals surface area contributed by atoms with Crippen LogP contribution in [0.4, 0.5) is 21.9 Å². The minimum Gasteiger partial charge on any atom is -0.508 e. The number of ketones is 2. The van der Waals surface area contributed by atoms with E-state index in [-0.39, 0.29) is 48.3 Å². The molecular weight excluding hydrogens is 570 g/mol. The summed E-state index contributed by atoms with van der Waals surface area (Å²) in [5.74, 6) is -6.91. The number of aliphatic hydroxyl groups excluding tert-OH is 2. The minimum atomic E-state index is -2.64. The van der Waals surface area contributed by atoms with E-state index in [1.807, 2.05) is 31.1 Å². The van der Waals surface area contributed by atoms with Crippen molar-refractivity contribution in [3.63, 3.8) is 0 Å². The number of hydrogen-bond donors (Lipinski definition) is 7. The molecule has 13 heteroatoms. The Labute approximate surface area is 253 Å². The first-order chi connectivity index (χ1) is 20.7. The van der Waals surface area contributed by atoms with Crippen molar-refractivity contribution in [2.75, 3.05) is 43.3 Å². The topological polar surface area (TPSA) is 206 Å². The van der Waals surface area contributed by atoms with Crippen LogP contribution in [0.3, 0.4) is 0 Å². The minimum absolute atomic E-state index is 0.0372. The molecular formula is C31H35N5O8. The molecule has 5 rings (SSSR count). The number of nitrogens with zero attached hydrogens (tertiary/aromatic N) is 2. The highest BCUT2D eigenvalue weighted by atomic mass is 16.3. The van der Waals surface area contributed by atoms with Gasteiger partial charge < -0.3 is 46.6 Å². The van der Waals surface area contributed by atoms with Crippen LogP contribution in [0.15, 0.2) is 47.2 Å². The number of amides is 3. The lowest BCUT2D eigenvalue weighted by atomic mass is 9.59. The SMILES string of the molecule is CN(C)c1ccc(NC(=O)NCc2cc(N(C)C)c3c(c2O)C(O)=C2C(=O)C4(O)C(O)=C(C(N)=O)C(=O)CC4CC2C3)cc1. The van der Waals surface area contributed by atoms with Gasteiger partial charge in [0.05, 0.1) is 5.56 Å². The number of rotatable bonds is 6. The maximum Gasteiger partial charge on any atom is 0.319 e. The van der Waals surface area contributed by atoms with Crippen molar-refractivity contribution < 1.29 is 39.6 Å². The second kappa shape index (κ2) is 10.9. The molecule has 44 heavy (non-hydrogen) atoms. The number of primary amides is 1. The number of anilines is 3. The third-order valence-corrected chi connectivity index (χ3v) is 8.68. The molecule has 3 aliphatic carbocycles. The first-order valence-electron chi connectivity index (χ1n) is 14.0. The Kier molecular flexibility index (Phi) is 7.54. The molecule has 13 nitrogen and oxygen atoms in total. The number of phenolic OH excluding ortho intramolecular Hbond substituents is 1. The highest BCUT2D eigenvalue weighted by Crippen LogP contribution is 2.53. The summed E-state index contributed by atoms with van der Waals surface area (Å²) in [6, 6.07) is 8.33. The smallest absolute Gasteiger partial charge is 0.319 e. The Morgan fingerprint density at radius 1 is 1.02 bits per heavy atom. The highest BCUT2D eigenvalue weighted by Gasteiger charge is 2.60. The largest absolute Gasteiger partial charge is 0.508 e. The number of carbonyl (C=O) groups excluding carboxylic acids is 4. The van der Waals surface area contributed by atoms with Gasteiger partial charge in [0.15, 0.2) is 11.4 Å². The fourth-order valence-electron chi connectivity index (χ4n) is 6.45. The Morgan fingerprint density at radius 2 is 1.68 bits per heavy atom. The summed E-state index contributed by atoms with van der Waals surface area (Å²) in [4.78, 5) is 54.6. The molecule has 0 radical (unpaired) electrons. The van der Waals surface area contributed by atoms with Crippen molar-refractivity contribution in [2.45, 2.75) is 31.4 Å². The van der Waals surface area contributed by atoms with E-state index in [2.05, 4.69) is 10.6 Å². The zero-order valence-electron chi connectivity index (χ0n) is 24.8. The monoisotopic (exact) mass is 605 g/mol. The Balaban J connectivity index is 1.50. The molecule has 0 aliphatic heterocycles. The lowest BCUT2D eigenvalue weighted by molar-refractivity contribution is -0.147. The van der Waals surface area contributed by atoms with Crippen LogP contribution in [-0.4, -0.2) is 77.7 Å². The second-order valence-corrected chi connectivity index (χ2v) is 11.8. The summed E-state index contributed by atoms with van der Waals surface area (Å²) in [6.07, 6.45) is -0.178. The lowest BCUT2D eigenvalue weighted by Crippen LogP contribution is -2.58. The second-order valence-electron chi connectivity index (χ2n) is 11.8. The number of carbonyl (C=O) groups is 4. The van der Waals surface area contributed by atoms with E-state index in [1.54, 1.807) is 37.2 Å². The van der Waals surface area contributed by atoms with Crippen LogP contribution >= 0.6 is 0 Å². The van der Waals surface area contributed by atoms with E-state index in [1.165, 1.54) is 0 Å². The number of hydrogen-bond acceptors (Lipinski definition) is 10. The molecule has 0 aromatic heterocycles. The molecule has 1 fully saturated rings. The molecule has 3 amide bonds. The van der Waals surface area contributed by atoms with Crippen LogP contribution < -0.4 is 26.2 Å². The van der Waals surface area contributed by atoms with Gasteiger partial charge in [0.25, 0.3) is 5.91 Å². The van der Waals surface area contributed by atoms with Gasteiger partial charge in [-0.15, -0.1) is 0 Å². The number of nitrogens with two attached hydrogens (primary N) is 1. The zero-order valence-corrected chi connectivity index (χ0v) is 24.8. The maximum atomic E-state index is 13.8. The third kappa shape index (κ3) is 4.78. The van der Waals surface area contributed by atoms with Crippen molar-refractivity contribution in [1.82, 2.24) is 5.32 Å². The van der Waals surface area contributed by atoms with Crippen LogP contribution in [-0.2, 0) is 27.3 Å². The molecule has 3 unspecified atom stereocenters. The summed E-state index contributed by atoms with van der Waals surface area (Å²) in [7, 11) is 7.33. The number of nitrogens with one attached hydrogen (secondary N) is 2. The molecule has 0 bridgehead atoms. The number of urea groups is 1. The van der Waals surface area contributed by atoms with Crippen LogP contribution in [0.2, 0.25) is 0 Å². The molecule has 2 aromatic rings. The fraction of sp³-hybridized carbons (Fsp3) is 0.355. The maximum absolute atomic E-state index is 13.8. The number of aromatic hydroxyl groups is 1. The molecule has 0 heterocycles. The van der Waals surface area contributed by atoms with Gasteiger partial charge in [-0.25, -0.2) is 4.79 Å². The number of benzene rings is 2. The molecule has 3 atom stereocenters. The summed E-state index contributed by atoms with van der Waals surface area (Å²) < 4.78 is 0. The van der Waals surface area contributed by atoms with Crippen molar-refractivity contribution in [1.29, 1.82) is 0 Å². The summed E-state index contributed by atoms with van der Waals surface area (Å²) >= 11 is 0. The standard InChI is InChI=1S/C31H35N5O8/c1-35(2)18-7-5-17(6-8-18)34-30(43)33-13-15-11-20(36(3)4)19-10-14-9-16-12-21(37)24(29(32)42)28(41)31(16,44)27(40)22(14)26(39)23(19)25(15)38/h5-8,11,14,16,38-39,41,44H,9-10,12-13H2,1-4H3,(H2,32,42)(H2,33,34,43). The van der Waals surface area contributed by atoms with E-state index >= 15 is 0 Å². The zero-order chi connectivity index (χ0) is 32.2. The van der Waals surface area contributed by atoms with Crippen LogP contribution in [0.5, 0.6) is 5.75 Å². The third-order valence-electron chi connectivity index (χ3n) is 8.68. The fourth-order valence-corrected chi connectivity index (χ4v) is 6.45. The summed E-state index contributed by atoms with van der Waals surface area (Å²) in [5.41, 5.74) is 4.40. The van der Waals surface area contributed by atoms with Gasteiger partial charge in [-0.05, 0) is 54.7 Å². The predicted molar refractivity (Wildman–Crippen MR) is 162 cm³/mol. The van der Waals surface area contributed by atoms with Crippen LogP contribution in [0, 0.1) is 11.8 Å². The van der Waals surface area contributed by atoms with Crippen molar-refractivity contribution in [3.05, 3.63) is 63.9 Å². The summed E-state index contributed by atoms with van der Waals surface area (Å²) in [6.45, 7) is -0.138. The van der Waals surface area contributed by atoms with Crippen LogP contribution in [0.1, 0.15) is 29.5 Å². The predicted octanol–water partition coefficient (Wildman–Crippen LogP) is 1.88. The molecule has 3 aliphatic rings. The van der Waals surface area contributed by atoms with Gasteiger partial charge in [0.1, 0.15) is 22.8 Å². The molecule has 0 spiro atoms. The van der Waals surface area contributed by atoms with Crippen molar-refractivity contribution in [3.8, 4) is 5.75 Å². The van der Waals surface area contributed by atoms with Gasteiger partial charge >= 0.3 is 6.03 Å². The van der Waals surface area contributed by atoms with E-state index in [0.717, 1.165) is 5.69 Å².